The largest absolute Gasteiger partial charge is 0.544 e. The van der Waals surface area contributed by atoms with Crippen molar-refractivity contribution in [1.29, 1.82) is 0 Å². The lowest BCUT2D eigenvalue weighted by Crippen LogP contribution is -2.69. The van der Waals surface area contributed by atoms with E-state index in [-0.39, 0.29) is 17.7 Å². The summed E-state index contributed by atoms with van der Waals surface area (Å²) in [4.78, 5) is 21.4. The van der Waals surface area contributed by atoms with Crippen LogP contribution in [0.15, 0.2) is 0 Å². The average molecular weight is 220 g/mol. The Kier molecular flexibility index (Phi) is 6.31. The molecule has 4 N–H and O–H groups in total. The Labute approximate surface area is 87.4 Å². The molecule has 0 aliphatic carbocycles. The molecule has 0 spiro atoms. The fraction of sp³-hybridized carbons (Fsp3) is 0.750. The minimum Gasteiger partial charge on any atom is -0.544 e. The van der Waals surface area contributed by atoms with Crippen molar-refractivity contribution in [2.45, 2.75) is 25.9 Å². The lowest BCUT2D eigenvalue weighted by molar-refractivity contribution is -0.431. The maximum Gasteiger partial charge on any atom is 0.230 e. The van der Waals surface area contributed by atoms with Crippen molar-refractivity contribution in [3.63, 3.8) is 0 Å². The Balaban J connectivity index is 3.54. The molecule has 5 nitrogen and oxygen atoms in total. The first-order valence-electron chi connectivity index (χ1n) is 4.34. The quantitative estimate of drug-likeness (QED) is 0.521. The summed E-state index contributed by atoms with van der Waals surface area (Å²) in [5.74, 6) is -0.706. The van der Waals surface area contributed by atoms with Crippen LogP contribution >= 0.6 is 11.8 Å². The van der Waals surface area contributed by atoms with Crippen LogP contribution in [0.25, 0.3) is 0 Å². The monoisotopic (exact) mass is 220 g/mol. The van der Waals surface area contributed by atoms with Crippen molar-refractivity contribution in [2.24, 2.45) is 0 Å². The topological polar surface area (TPSA) is 96.9 Å². The zero-order valence-corrected chi connectivity index (χ0v) is 9.23. The predicted molar refractivity (Wildman–Crippen MR) is 52.3 cm³/mol. The maximum atomic E-state index is 11.1. The highest BCUT2D eigenvalue weighted by Crippen LogP contribution is 2.00. The second-order valence-electron chi connectivity index (χ2n) is 3.25. The van der Waals surface area contributed by atoms with Gasteiger partial charge >= 0.3 is 0 Å². The third-order valence-corrected chi connectivity index (χ3v) is 2.44. The summed E-state index contributed by atoms with van der Waals surface area (Å²) in [5, 5.41) is 13.0. The van der Waals surface area contributed by atoms with E-state index >= 15 is 0 Å². The summed E-state index contributed by atoms with van der Waals surface area (Å²) in [6.45, 7) is 3.74. The summed E-state index contributed by atoms with van der Waals surface area (Å²) in [5.41, 5.74) is 3.38. The molecule has 0 aliphatic rings. The Hall–Kier alpha value is -0.750. The van der Waals surface area contributed by atoms with E-state index in [2.05, 4.69) is 11.1 Å². The van der Waals surface area contributed by atoms with Gasteiger partial charge in [0.25, 0.3) is 0 Å². The van der Waals surface area contributed by atoms with Crippen LogP contribution in [0.3, 0.4) is 0 Å². The molecule has 1 atom stereocenters. The Morgan fingerprint density at radius 3 is 2.50 bits per heavy atom. The van der Waals surface area contributed by atoms with E-state index < -0.39 is 12.0 Å². The van der Waals surface area contributed by atoms with E-state index in [9.17, 15) is 14.7 Å². The number of amides is 1. The second kappa shape index (κ2) is 6.67. The third-order valence-electron chi connectivity index (χ3n) is 1.34. The van der Waals surface area contributed by atoms with Crippen molar-refractivity contribution in [2.75, 3.05) is 11.5 Å². The van der Waals surface area contributed by atoms with Crippen LogP contribution in [-0.2, 0) is 9.59 Å². The summed E-state index contributed by atoms with van der Waals surface area (Å²) < 4.78 is 0. The molecule has 0 saturated heterocycles. The van der Waals surface area contributed by atoms with Crippen molar-refractivity contribution in [3.05, 3.63) is 0 Å². The van der Waals surface area contributed by atoms with Crippen LogP contribution in [0.4, 0.5) is 0 Å². The van der Waals surface area contributed by atoms with Gasteiger partial charge in [-0.1, -0.05) is 0 Å². The SMILES string of the molecule is CC(C)NC(=O)CSC[C@H]([NH3+])C(=O)[O-]. The van der Waals surface area contributed by atoms with Crippen molar-refractivity contribution < 1.29 is 20.4 Å². The molecule has 0 fully saturated rings. The predicted octanol–water partition coefficient (Wildman–Crippen LogP) is -2.40. The summed E-state index contributed by atoms with van der Waals surface area (Å²) >= 11 is 1.24. The van der Waals surface area contributed by atoms with E-state index in [0.717, 1.165) is 0 Å². The molecule has 0 radical (unpaired) electrons. The molecular weight excluding hydrogens is 204 g/mol. The van der Waals surface area contributed by atoms with Crippen LogP contribution in [0.1, 0.15) is 13.8 Å². The van der Waals surface area contributed by atoms with Gasteiger partial charge in [-0.25, -0.2) is 0 Å². The lowest BCUT2D eigenvalue weighted by atomic mass is 10.4. The second-order valence-corrected chi connectivity index (χ2v) is 4.28. The number of carboxylic acids is 1. The molecule has 0 aromatic rings. The number of hydrogen-bond acceptors (Lipinski definition) is 4. The molecule has 14 heavy (non-hydrogen) atoms. The number of rotatable bonds is 6. The van der Waals surface area contributed by atoms with E-state index in [1.54, 1.807) is 0 Å². The van der Waals surface area contributed by atoms with Gasteiger partial charge in [0.15, 0.2) is 0 Å². The average Bonchev–Trinajstić information content (AvgIpc) is 2.02. The normalized spacial score (nSPS) is 12.6. The highest BCUT2D eigenvalue weighted by Gasteiger charge is 2.09. The number of carboxylic acid groups (broad SMARTS) is 1. The van der Waals surface area contributed by atoms with Gasteiger partial charge in [0.1, 0.15) is 6.04 Å². The fourth-order valence-electron chi connectivity index (χ4n) is 0.726. The summed E-state index contributed by atoms with van der Waals surface area (Å²) in [6.07, 6.45) is 0. The Morgan fingerprint density at radius 2 is 2.07 bits per heavy atom. The molecule has 1 amide bonds. The zero-order valence-electron chi connectivity index (χ0n) is 8.41. The standard InChI is InChI=1S/C8H16N2O3S/c1-5(2)10-7(11)4-14-3-6(9)8(12)13/h5-6H,3-4,9H2,1-2H3,(H,10,11)(H,12,13)/t6-/m0/s1. The first-order chi connectivity index (χ1) is 6.43. The smallest absolute Gasteiger partial charge is 0.230 e. The number of carbonyl (C=O) groups excluding carboxylic acids is 2. The van der Waals surface area contributed by atoms with E-state index in [0.29, 0.717) is 5.75 Å². The molecule has 0 aromatic heterocycles. The van der Waals surface area contributed by atoms with Gasteiger partial charge in [0, 0.05) is 6.04 Å². The van der Waals surface area contributed by atoms with Crippen LogP contribution in [0.5, 0.6) is 0 Å². The fourth-order valence-corrected chi connectivity index (χ4v) is 1.53. The molecular formula is C8H16N2O3S. The van der Waals surface area contributed by atoms with Crippen molar-refractivity contribution >= 4 is 23.6 Å². The van der Waals surface area contributed by atoms with Crippen LogP contribution < -0.4 is 16.2 Å². The summed E-state index contributed by atoms with van der Waals surface area (Å²) in [6, 6.07) is -0.647. The lowest BCUT2D eigenvalue weighted by Gasteiger charge is -2.10. The van der Waals surface area contributed by atoms with Crippen LogP contribution in [0.2, 0.25) is 0 Å². The molecule has 0 unspecified atom stereocenters. The van der Waals surface area contributed by atoms with Crippen LogP contribution in [0, 0.1) is 0 Å². The number of thioether (sulfide) groups is 1. The van der Waals surface area contributed by atoms with Gasteiger partial charge in [-0.05, 0) is 13.8 Å². The third kappa shape index (κ3) is 6.73. The first-order valence-corrected chi connectivity index (χ1v) is 5.50. The molecule has 0 heterocycles. The minimum absolute atomic E-state index is 0.0875. The Bertz CT molecular complexity index is 209. The highest BCUT2D eigenvalue weighted by atomic mass is 32.2. The number of aliphatic carboxylic acids is 1. The number of nitrogens with one attached hydrogen (secondary N) is 1. The molecule has 82 valence electrons. The van der Waals surface area contributed by atoms with Gasteiger partial charge in [-0.15, -0.1) is 11.8 Å². The van der Waals surface area contributed by atoms with E-state index in [1.165, 1.54) is 11.8 Å². The highest BCUT2D eigenvalue weighted by molar-refractivity contribution is 8.00. The van der Waals surface area contributed by atoms with E-state index in [4.69, 9.17) is 0 Å². The van der Waals surface area contributed by atoms with Gasteiger partial charge in [-0.3, -0.25) is 4.79 Å². The molecule has 0 bridgehead atoms. The van der Waals surface area contributed by atoms with Gasteiger partial charge in [-0.2, -0.15) is 0 Å². The number of carbonyl (C=O) groups is 2. The maximum absolute atomic E-state index is 11.1. The number of quaternary nitrogens is 1. The van der Waals surface area contributed by atoms with Crippen molar-refractivity contribution in [3.8, 4) is 0 Å². The first kappa shape index (κ1) is 13.2. The summed E-state index contributed by atoms with van der Waals surface area (Å²) in [7, 11) is 0. The van der Waals surface area contributed by atoms with Gasteiger partial charge in [0.2, 0.25) is 5.91 Å². The molecule has 0 saturated carbocycles. The van der Waals surface area contributed by atoms with E-state index in [1.807, 2.05) is 13.8 Å². The minimum atomic E-state index is -1.18. The van der Waals surface area contributed by atoms with Gasteiger partial charge < -0.3 is 21.0 Å². The number of hydrogen-bond donors (Lipinski definition) is 2. The van der Waals surface area contributed by atoms with Gasteiger partial charge in [0.05, 0.1) is 17.5 Å². The molecule has 0 aromatic carbocycles. The van der Waals surface area contributed by atoms with Crippen LogP contribution in [-0.4, -0.2) is 35.5 Å². The zero-order chi connectivity index (χ0) is 11.1. The molecule has 0 aliphatic heterocycles. The van der Waals surface area contributed by atoms with Crippen molar-refractivity contribution in [1.82, 2.24) is 5.32 Å². The Morgan fingerprint density at radius 1 is 1.50 bits per heavy atom. The molecule has 0 rings (SSSR count). The molecule has 6 heteroatoms.